The van der Waals surface area contributed by atoms with Gasteiger partial charge in [0, 0.05) is 18.1 Å². The number of alkyl halides is 1. The van der Waals surface area contributed by atoms with Crippen LogP contribution in [-0.2, 0) is 19.9 Å². The van der Waals surface area contributed by atoms with Crippen molar-refractivity contribution in [1.29, 1.82) is 0 Å². The van der Waals surface area contributed by atoms with E-state index in [-0.39, 0.29) is 7.43 Å². The predicted octanol–water partition coefficient (Wildman–Crippen LogP) is 3.62. The molecule has 0 heterocycles. The summed E-state index contributed by atoms with van der Waals surface area (Å²) in [7, 11) is 0. The first kappa shape index (κ1) is 22.4. The summed E-state index contributed by atoms with van der Waals surface area (Å²) in [4.78, 5) is 0. The summed E-state index contributed by atoms with van der Waals surface area (Å²) in [5.74, 6) is 0.918. The number of hydrogen-bond donors (Lipinski definition) is 1. The molecule has 0 fully saturated rings. The average Bonchev–Trinajstić information content (AvgIpc) is 2.47. The molecule has 1 rings (SSSR count). The van der Waals surface area contributed by atoms with Gasteiger partial charge in [-0.15, -0.1) is 11.6 Å². The van der Waals surface area contributed by atoms with Gasteiger partial charge in [-0.05, 0) is 43.5 Å². The first-order valence-electron chi connectivity index (χ1n) is 6.22. The van der Waals surface area contributed by atoms with E-state index in [9.17, 15) is 4.21 Å². The van der Waals surface area contributed by atoms with Crippen LogP contribution in [0.25, 0.3) is 0 Å². The normalized spacial score (nSPS) is 10.7. The van der Waals surface area contributed by atoms with Gasteiger partial charge in [-0.25, -0.2) is 4.21 Å². The molecule has 6 heteroatoms. The van der Waals surface area contributed by atoms with Crippen molar-refractivity contribution >= 4 is 28.4 Å². The van der Waals surface area contributed by atoms with Crippen molar-refractivity contribution in [1.82, 2.24) is 0 Å². The molecule has 0 saturated carbocycles. The van der Waals surface area contributed by atoms with Gasteiger partial charge in [0.2, 0.25) is 0 Å². The Morgan fingerprint density at radius 2 is 2.00 bits per heavy atom. The third-order valence-corrected chi connectivity index (χ3v) is 3.82. The van der Waals surface area contributed by atoms with Gasteiger partial charge in [0.15, 0.2) is 11.1 Å². The number of nitrogens with one attached hydrogen (secondary N) is 1. The number of anilines is 1. The van der Waals surface area contributed by atoms with Crippen LogP contribution in [0.5, 0.6) is 0 Å². The summed E-state index contributed by atoms with van der Waals surface area (Å²) in [6, 6.07) is 6.28. The van der Waals surface area contributed by atoms with Crippen molar-refractivity contribution in [3.05, 3.63) is 36.0 Å². The summed E-state index contributed by atoms with van der Waals surface area (Å²) >= 11 is 4.23. The summed E-state index contributed by atoms with van der Waals surface area (Å²) in [6.07, 6.45) is 0.807. The van der Waals surface area contributed by atoms with Crippen molar-refractivity contribution in [3.8, 4) is 0 Å². The topological polar surface area (TPSA) is 58.2 Å². The summed E-state index contributed by atoms with van der Waals surface area (Å²) in [5.41, 5.74) is 3.66. The zero-order chi connectivity index (χ0) is 15.4. The first-order chi connectivity index (χ1) is 9.63. The zero-order valence-corrected chi connectivity index (χ0v) is 13.4. The van der Waals surface area contributed by atoms with Gasteiger partial charge in [-0.2, -0.15) is 0 Å². The van der Waals surface area contributed by atoms with E-state index in [4.69, 9.17) is 20.4 Å². The third kappa shape index (κ3) is 10.5. The Balaban J connectivity index is 0. The predicted molar refractivity (Wildman–Crippen MR) is 89.4 cm³/mol. The van der Waals surface area contributed by atoms with Crippen LogP contribution in [0.2, 0.25) is 0 Å². The molecular weight excluding hydrogens is 310 g/mol. The molecule has 4 nitrogen and oxygen atoms in total. The van der Waals surface area contributed by atoms with E-state index < -0.39 is 11.1 Å². The van der Waals surface area contributed by atoms with E-state index in [0.29, 0.717) is 18.2 Å². The van der Waals surface area contributed by atoms with E-state index in [1.54, 1.807) is 0 Å². The minimum absolute atomic E-state index is 0. The zero-order valence-electron chi connectivity index (χ0n) is 11.8. The molecule has 0 aliphatic heterocycles. The molecule has 1 aromatic carbocycles. The standard InChI is InChI=1S/C13H20ClNO2S.CO.CH4/c1-11-4-5-13(10-12(11)2)15-7-3-9-18(16)17-8-6-14;1-2;/h4-5,10,15H,3,6-9H2,1-2H3;;1H4. The second-order valence-electron chi connectivity index (χ2n) is 4.10. The van der Waals surface area contributed by atoms with E-state index in [1.165, 1.54) is 11.1 Å². The van der Waals surface area contributed by atoms with Gasteiger partial charge in [-0.1, -0.05) is 13.5 Å². The quantitative estimate of drug-likeness (QED) is 0.342. The molecule has 0 amide bonds. The fourth-order valence-corrected chi connectivity index (χ4v) is 2.39. The van der Waals surface area contributed by atoms with Gasteiger partial charge in [0.05, 0.1) is 12.4 Å². The summed E-state index contributed by atoms with van der Waals surface area (Å²) < 4.78 is 23.8. The van der Waals surface area contributed by atoms with Crippen molar-refractivity contribution in [2.75, 3.05) is 30.1 Å². The Bertz CT molecular complexity index is 438. The van der Waals surface area contributed by atoms with Crippen LogP contribution in [0.15, 0.2) is 18.2 Å². The van der Waals surface area contributed by atoms with Crippen LogP contribution < -0.4 is 5.32 Å². The fourth-order valence-electron chi connectivity index (χ4n) is 1.46. The third-order valence-electron chi connectivity index (χ3n) is 2.62. The molecule has 1 aromatic rings. The van der Waals surface area contributed by atoms with E-state index in [1.807, 2.05) is 0 Å². The fraction of sp³-hybridized carbons (Fsp3) is 0.533. The molecular formula is C15H24ClNO3S. The Hall–Kier alpha value is -0.840. The van der Waals surface area contributed by atoms with Crippen molar-refractivity contribution in [3.63, 3.8) is 0 Å². The van der Waals surface area contributed by atoms with Gasteiger partial charge in [0.25, 0.3) is 0 Å². The van der Waals surface area contributed by atoms with Crippen LogP contribution in [0.3, 0.4) is 0 Å². The monoisotopic (exact) mass is 333 g/mol. The van der Waals surface area contributed by atoms with E-state index >= 15 is 0 Å². The maximum atomic E-state index is 11.3. The molecule has 0 aliphatic rings. The number of rotatable bonds is 8. The maximum absolute atomic E-state index is 11.3. The Morgan fingerprint density at radius 3 is 2.57 bits per heavy atom. The van der Waals surface area contributed by atoms with Gasteiger partial charge >= 0.3 is 11.3 Å². The van der Waals surface area contributed by atoms with Gasteiger partial charge in [-0.3, -0.25) is 4.18 Å². The second kappa shape index (κ2) is 14.1. The number of hydrogen-bond acceptors (Lipinski definition) is 3. The molecule has 1 N–H and O–H groups in total. The van der Waals surface area contributed by atoms with Gasteiger partial charge < -0.3 is 5.32 Å². The number of halogens is 1. The SMILES string of the molecule is C.Cc1ccc(NCCCS(=O)OCCCl)cc1C.[C-]#[O+]. The number of benzene rings is 1. The molecule has 21 heavy (non-hydrogen) atoms. The van der Waals surface area contributed by atoms with Crippen LogP contribution in [0.4, 0.5) is 5.69 Å². The minimum atomic E-state index is -1.21. The Kier molecular flexibility index (Phi) is 15.1. The van der Waals surface area contributed by atoms with E-state index in [0.717, 1.165) is 18.7 Å². The molecule has 1 atom stereocenters. The van der Waals surface area contributed by atoms with Crippen LogP contribution in [-0.4, -0.2) is 29.0 Å². The van der Waals surface area contributed by atoms with E-state index in [2.05, 4.69) is 44.0 Å². The van der Waals surface area contributed by atoms with Crippen LogP contribution in [0.1, 0.15) is 25.0 Å². The molecule has 0 radical (unpaired) electrons. The van der Waals surface area contributed by atoms with Crippen molar-refractivity contribution < 1.29 is 13.0 Å². The molecule has 1 unspecified atom stereocenters. The molecule has 120 valence electrons. The molecule has 0 aliphatic carbocycles. The molecule has 0 saturated heterocycles. The summed E-state index contributed by atoms with van der Waals surface area (Å²) in [6.45, 7) is 9.82. The Morgan fingerprint density at radius 1 is 1.33 bits per heavy atom. The number of aryl methyl sites for hydroxylation is 2. The molecule has 0 spiro atoms. The Labute approximate surface area is 135 Å². The molecule has 0 aromatic heterocycles. The molecule has 0 bridgehead atoms. The second-order valence-corrected chi connectivity index (χ2v) is 5.73. The average molecular weight is 334 g/mol. The van der Waals surface area contributed by atoms with Crippen molar-refractivity contribution in [2.45, 2.75) is 27.7 Å². The van der Waals surface area contributed by atoms with Gasteiger partial charge in [0.1, 0.15) is 0 Å². The summed E-state index contributed by atoms with van der Waals surface area (Å²) in [5, 5.41) is 3.31. The van der Waals surface area contributed by atoms with Crippen molar-refractivity contribution in [2.24, 2.45) is 0 Å². The first-order valence-corrected chi connectivity index (χ1v) is 8.00. The van der Waals surface area contributed by atoms with Crippen LogP contribution >= 0.6 is 11.6 Å². The van der Waals surface area contributed by atoms with Crippen LogP contribution in [0, 0.1) is 20.5 Å².